The number of carboxylic acid groups (broad SMARTS) is 1. The number of nitrogens with two attached hydrogens (primary N) is 1. The number of rotatable bonds is 7. The number of aromatic nitrogens is 1. The summed E-state index contributed by atoms with van der Waals surface area (Å²) in [6.45, 7) is 3.72. The molecule has 7 nitrogen and oxygen atoms in total. The molecule has 144 valence electrons. The van der Waals surface area contributed by atoms with Gasteiger partial charge in [-0.25, -0.2) is 4.79 Å². The second kappa shape index (κ2) is 7.56. The van der Waals surface area contributed by atoms with Crippen molar-refractivity contribution in [3.05, 3.63) is 65.4 Å². The van der Waals surface area contributed by atoms with Crippen molar-refractivity contribution in [2.24, 2.45) is 5.73 Å². The monoisotopic (exact) mass is 380 g/mol. The molecule has 1 heterocycles. The standard InChI is InChI=1S/C21H20N2O5/c1-12-14(5-3-6-15(12)19(24)20(22)25)11-23-10-9-16-17(23)7-4-8-18(16)28-13(2)21(26)27/h3-10,13H,11H2,1-2H3,(H2,22,25)(H,26,27). The minimum Gasteiger partial charge on any atom is -0.479 e. The van der Waals surface area contributed by atoms with Gasteiger partial charge in [0.1, 0.15) is 5.75 Å². The van der Waals surface area contributed by atoms with Gasteiger partial charge in [0.15, 0.2) is 6.10 Å². The van der Waals surface area contributed by atoms with Crippen molar-refractivity contribution >= 4 is 28.6 Å². The Kier molecular flexibility index (Phi) is 5.17. The molecular formula is C21H20N2O5. The highest BCUT2D eigenvalue weighted by molar-refractivity contribution is 6.42. The summed E-state index contributed by atoms with van der Waals surface area (Å²) in [5.41, 5.74) is 7.84. The van der Waals surface area contributed by atoms with Crippen LogP contribution in [0.25, 0.3) is 10.9 Å². The predicted octanol–water partition coefficient (Wildman–Crippen LogP) is 2.52. The largest absolute Gasteiger partial charge is 0.479 e. The molecular weight excluding hydrogens is 360 g/mol. The summed E-state index contributed by atoms with van der Waals surface area (Å²) in [7, 11) is 0. The molecule has 1 aromatic heterocycles. The van der Waals surface area contributed by atoms with E-state index in [9.17, 15) is 14.4 Å². The Morgan fingerprint density at radius 1 is 1.14 bits per heavy atom. The summed E-state index contributed by atoms with van der Waals surface area (Å²) in [6, 6.07) is 12.5. The van der Waals surface area contributed by atoms with Gasteiger partial charge >= 0.3 is 5.97 Å². The van der Waals surface area contributed by atoms with Crippen molar-refractivity contribution in [2.45, 2.75) is 26.5 Å². The molecule has 7 heteroatoms. The smallest absolute Gasteiger partial charge is 0.344 e. The van der Waals surface area contributed by atoms with E-state index in [4.69, 9.17) is 15.6 Å². The van der Waals surface area contributed by atoms with E-state index in [1.807, 2.05) is 29.0 Å². The number of ketones is 1. The first-order valence-electron chi connectivity index (χ1n) is 8.69. The molecule has 0 fully saturated rings. The molecule has 1 amide bonds. The number of hydrogen-bond donors (Lipinski definition) is 2. The van der Waals surface area contributed by atoms with Crippen LogP contribution in [0.4, 0.5) is 0 Å². The van der Waals surface area contributed by atoms with Crippen molar-refractivity contribution < 1.29 is 24.2 Å². The molecule has 0 aliphatic rings. The van der Waals surface area contributed by atoms with Crippen LogP contribution in [0.3, 0.4) is 0 Å². The lowest BCUT2D eigenvalue weighted by Gasteiger charge is -2.13. The van der Waals surface area contributed by atoms with Crippen LogP contribution in [0.5, 0.6) is 5.75 Å². The number of carbonyl (C=O) groups excluding carboxylic acids is 2. The Morgan fingerprint density at radius 2 is 1.86 bits per heavy atom. The van der Waals surface area contributed by atoms with Crippen LogP contribution in [0.1, 0.15) is 28.4 Å². The molecule has 0 aliphatic carbocycles. The van der Waals surface area contributed by atoms with Crippen molar-refractivity contribution in [2.75, 3.05) is 0 Å². The van der Waals surface area contributed by atoms with Crippen LogP contribution < -0.4 is 10.5 Å². The maximum Gasteiger partial charge on any atom is 0.344 e. The quantitative estimate of drug-likeness (QED) is 0.483. The van der Waals surface area contributed by atoms with E-state index >= 15 is 0 Å². The van der Waals surface area contributed by atoms with Crippen LogP contribution >= 0.6 is 0 Å². The van der Waals surface area contributed by atoms with E-state index in [-0.39, 0.29) is 0 Å². The Bertz CT molecular complexity index is 1080. The molecule has 0 saturated heterocycles. The van der Waals surface area contributed by atoms with Crippen LogP contribution in [0, 0.1) is 6.92 Å². The van der Waals surface area contributed by atoms with Crippen molar-refractivity contribution in [1.82, 2.24) is 4.57 Å². The average Bonchev–Trinajstić information content (AvgIpc) is 3.06. The number of hydrogen-bond acceptors (Lipinski definition) is 4. The van der Waals surface area contributed by atoms with E-state index < -0.39 is 23.8 Å². The molecule has 0 radical (unpaired) electrons. The number of carbonyl (C=O) groups is 3. The van der Waals surface area contributed by atoms with Gasteiger partial charge in [-0.1, -0.05) is 24.3 Å². The lowest BCUT2D eigenvalue weighted by atomic mass is 9.99. The van der Waals surface area contributed by atoms with Crippen LogP contribution in [-0.4, -0.2) is 33.4 Å². The number of Topliss-reactive ketones (excluding diaryl/α,β-unsaturated/α-hetero) is 1. The lowest BCUT2D eigenvalue weighted by molar-refractivity contribution is -0.144. The average molecular weight is 380 g/mol. The zero-order valence-electron chi connectivity index (χ0n) is 15.5. The highest BCUT2D eigenvalue weighted by atomic mass is 16.5. The van der Waals surface area contributed by atoms with E-state index in [1.165, 1.54) is 6.92 Å². The molecule has 0 spiro atoms. The number of aliphatic carboxylic acids is 1. The molecule has 0 saturated carbocycles. The number of nitrogens with zero attached hydrogens (tertiary/aromatic N) is 1. The minimum absolute atomic E-state index is 0.292. The fraction of sp³-hybridized carbons (Fsp3) is 0.190. The van der Waals surface area contributed by atoms with E-state index in [1.54, 1.807) is 31.2 Å². The molecule has 3 rings (SSSR count). The molecule has 3 aromatic rings. The molecule has 3 N–H and O–H groups in total. The van der Waals surface area contributed by atoms with Gasteiger partial charge < -0.3 is 20.1 Å². The second-order valence-corrected chi connectivity index (χ2v) is 6.51. The third-order valence-electron chi connectivity index (χ3n) is 4.68. The van der Waals surface area contributed by atoms with Gasteiger partial charge in [0.25, 0.3) is 5.91 Å². The summed E-state index contributed by atoms with van der Waals surface area (Å²) >= 11 is 0. The number of amides is 1. The Morgan fingerprint density at radius 3 is 2.54 bits per heavy atom. The first-order valence-corrected chi connectivity index (χ1v) is 8.69. The Hall–Kier alpha value is -3.61. The summed E-state index contributed by atoms with van der Waals surface area (Å²) in [5, 5.41) is 9.85. The fourth-order valence-electron chi connectivity index (χ4n) is 3.09. The van der Waals surface area contributed by atoms with Gasteiger partial charge in [0, 0.05) is 23.7 Å². The molecule has 28 heavy (non-hydrogen) atoms. The zero-order chi connectivity index (χ0) is 20.4. The maximum atomic E-state index is 12.0. The Labute approximate surface area is 161 Å². The maximum absolute atomic E-state index is 12.0. The highest BCUT2D eigenvalue weighted by Crippen LogP contribution is 2.28. The van der Waals surface area contributed by atoms with E-state index in [0.717, 1.165) is 16.5 Å². The first kappa shape index (κ1) is 19.2. The van der Waals surface area contributed by atoms with Crippen LogP contribution in [0.15, 0.2) is 48.7 Å². The summed E-state index contributed by atoms with van der Waals surface area (Å²) in [5.74, 6) is -2.25. The van der Waals surface area contributed by atoms with Gasteiger partial charge in [-0.3, -0.25) is 9.59 Å². The number of fused-ring (bicyclic) bond motifs is 1. The third kappa shape index (κ3) is 3.59. The molecule has 0 aliphatic heterocycles. The molecule has 2 aromatic carbocycles. The topological polar surface area (TPSA) is 112 Å². The number of carboxylic acids is 1. The van der Waals surface area contributed by atoms with Crippen molar-refractivity contribution in [1.29, 1.82) is 0 Å². The zero-order valence-corrected chi connectivity index (χ0v) is 15.5. The summed E-state index contributed by atoms with van der Waals surface area (Å²) in [6.07, 6.45) is 0.901. The lowest BCUT2D eigenvalue weighted by Crippen LogP contribution is -2.24. The molecule has 1 unspecified atom stereocenters. The van der Waals surface area contributed by atoms with Gasteiger partial charge in [0.2, 0.25) is 5.78 Å². The number of benzene rings is 2. The normalized spacial score (nSPS) is 11.9. The number of primary amides is 1. The van der Waals surface area contributed by atoms with E-state index in [2.05, 4.69) is 0 Å². The highest BCUT2D eigenvalue weighted by Gasteiger charge is 2.18. The second-order valence-electron chi connectivity index (χ2n) is 6.51. The van der Waals surface area contributed by atoms with Gasteiger partial charge in [-0.2, -0.15) is 0 Å². The van der Waals surface area contributed by atoms with Crippen molar-refractivity contribution in [3.8, 4) is 5.75 Å². The predicted molar refractivity (Wildman–Crippen MR) is 103 cm³/mol. The van der Waals surface area contributed by atoms with Gasteiger partial charge in [-0.15, -0.1) is 0 Å². The van der Waals surface area contributed by atoms with Crippen LogP contribution in [0.2, 0.25) is 0 Å². The fourth-order valence-corrected chi connectivity index (χ4v) is 3.09. The summed E-state index contributed by atoms with van der Waals surface area (Å²) < 4.78 is 7.51. The van der Waals surface area contributed by atoms with Crippen LogP contribution in [-0.2, 0) is 16.1 Å². The third-order valence-corrected chi connectivity index (χ3v) is 4.68. The molecule has 0 bridgehead atoms. The SMILES string of the molecule is Cc1c(Cn2ccc3c(OC(C)C(=O)O)cccc32)cccc1C(=O)C(N)=O. The number of ether oxygens (including phenoxy) is 1. The molecule has 1 atom stereocenters. The summed E-state index contributed by atoms with van der Waals surface area (Å²) in [4.78, 5) is 34.3. The minimum atomic E-state index is -1.04. The van der Waals surface area contributed by atoms with Gasteiger partial charge in [0.05, 0.1) is 5.52 Å². The first-order chi connectivity index (χ1) is 13.3. The van der Waals surface area contributed by atoms with Crippen molar-refractivity contribution in [3.63, 3.8) is 0 Å². The van der Waals surface area contributed by atoms with Gasteiger partial charge in [-0.05, 0) is 43.2 Å². The Balaban J connectivity index is 1.96. The van der Waals surface area contributed by atoms with E-state index in [0.29, 0.717) is 23.4 Å².